The third kappa shape index (κ3) is 1.34. The largest absolute Gasteiger partial charge is 0.481 e. The van der Waals surface area contributed by atoms with Crippen molar-refractivity contribution in [1.82, 2.24) is 0 Å². The number of carbonyl (C=O) groups excluding carboxylic acids is 1. The minimum Gasteiger partial charge on any atom is -0.481 e. The van der Waals surface area contributed by atoms with E-state index >= 15 is 0 Å². The lowest BCUT2D eigenvalue weighted by molar-refractivity contribution is -0.158. The molecular weight excluding hydrogens is 210 g/mol. The summed E-state index contributed by atoms with van der Waals surface area (Å²) in [6.07, 6.45) is 2.38. The Labute approximate surface area is 93.6 Å². The lowest BCUT2D eigenvalue weighted by Crippen LogP contribution is -2.50. The lowest BCUT2D eigenvalue weighted by Gasteiger charge is -2.40. The monoisotopic (exact) mass is 227 g/mol. The van der Waals surface area contributed by atoms with Crippen LogP contribution in [-0.2, 0) is 9.59 Å². The first-order valence-electron chi connectivity index (χ1n) is 5.66. The van der Waals surface area contributed by atoms with Gasteiger partial charge in [-0.15, -0.1) is 0 Å². The summed E-state index contributed by atoms with van der Waals surface area (Å²) >= 11 is 0. The fourth-order valence-electron chi connectivity index (χ4n) is 3.08. The van der Waals surface area contributed by atoms with Gasteiger partial charge in [0, 0.05) is 0 Å². The van der Waals surface area contributed by atoms with E-state index < -0.39 is 28.8 Å². The second-order valence-electron chi connectivity index (χ2n) is 5.06. The summed E-state index contributed by atoms with van der Waals surface area (Å²) in [5, 5.41) is 18.7. The van der Waals surface area contributed by atoms with E-state index in [4.69, 9.17) is 5.73 Å². The van der Waals surface area contributed by atoms with Gasteiger partial charge >= 0.3 is 5.97 Å². The molecule has 0 atom stereocenters. The first-order chi connectivity index (χ1) is 7.44. The maximum atomic E-state index is 11.7. The molecule has 0 spiro atoms. The minimum absolute atomic E-state index is 0.399. The van der Waals surface area contributed by atoms with E-state index in [0.29, 0.717) is 38.5 Å². The van der Waals surface area contributed by atoms with Gasteiger partial charge in [-0.2, -0.15) is 0 Å². The maximum Gasteiger partial charge on any atom is 0.310 e. The fourth-order valence-corrected chi connectivity index (χ4v) is 3.08. The molecule has 90 valence electrons. The van der Waals surface area contributed by atoms with Crippen molar-refractivity contribution in [1.29, 1.82) is 0 Å². The Kier molecular flexibility index (Phi) is 2.45. The average Bonchev–Trinajstić information content (AvgIpc) is 3.00. The highest BCUT2D eigenvalue weighted by atomic mass is 16.4. The summed E-state index contributed by atoms with van der Waals surface area (Å²) in [6.45, 7) is 0. The molecule has 5 nitrogen and oxygen atoms in total. The highest BCUT2D eigenvalue weighted by molar-refractivity contribution is 5.91. The Morgan fingerprint density at radius 3 is 1.88 bits per heavy atom. The van der Waals surface area contributed by atoms with E-state index in [1.165, 1.54) is 0 Å². The van der Waals surface area contributed by atoms with Crippen molar-refractivity contribution in [2.75, 3.05) is 0 Å². The molecule has 0 aromatic heterocycles. The Bertz CT molecular complexity index is 327. The Balaban J connectivity index is 2.30. The van der Waals surface area contributed by atoms with Crippen LogP contribution in [0.3, 0.4) is 0 Å². The van der Waals surface area contributed by atoms with Crippen LogP contribution < -0.4 is 5.73 Å². The van der Waals surface area contributed by atoms with Gasteiger partial charge in [-0.3, -0.25) is 9.59 Å². The number of carbonyl (C=O) groups is 2. The summed E-state index contributed by atoms with van der Waals surface area (Å²) in [5.41, 5.74) is 3.55. The van der Waals surface area contributed by atoms with E-state index in [2.05, 4.69) is 0 Å². The molecule has 0 heterocycles. The molecule has 16 heavy (non-hydrogen) atoms. The molecule has 2 rings (SSSR count). The summed E-state index contributed by atoms with van der Waals surface area (Å²) in [6, 6.07) is 0. The first kappa shape index (κ1) is 11.4. The highest BCUT2D eigenvalue weighted by Gasteiger charge is 2.67. The van der Waals surface area contributed by atoms with Gasteiger partial charge < -0.3 is 15.9 Å². The zero-order chi connectivity index (χ0) is 12.0. The van der Waals surface area contributed by atoms with E-state index in [1.807, 2.05) is 0 Å². The van der Waals surface area contributed by atoms with Crippen LogP contribution in [0.25, 0.3) is 0 Å². The third-order valence-electron chi connectivity index (χ3n) is 4.36. The Hall–Kier alpha value is -1.10. The van der Waals surface area contributed by atoms with Crippen molar-refractivity contribution in [3.8, 4) is 0 Å². The molecule has 0 aromatic rings. The quantitative estimate of drug-likeness (QED) is 0.643. The zero-order valence-corrected chi connectivity index (χ0v) is 9.11. The maximum absolute atomic E-state index is 11.7. The molecule has 0 unspecified atom stereocenters. The SMILES string of the molecule is NC(=O)C1(C2(C(=O)O)CC2)CCC(O)CC1. The van der Waals surface area contributed by atoms with Gasteiger partial charge in [-0.25, -0.2) is 0 Å². The molecule has 2 fully saturated rings. The minimum atomic E-state index is -0.945. The zero-order valence-electron chi connectivity index (χ0n) is 9.11. The van der Waals surface area contributed by atoms with Gasteiger partial charge in [-0.1, -0.05) is 0 Å². The van der Waals surface area contributed by atoms with Gasteiger partial charge in [0.15, 0.2) is 0 Å². The van der Waals surface area contributed by atoms with Crippen LogP contribution in [0.15, 0.2) is 0 Å². The van der Waals surface area contributed by atoms with E-state index in [-0.39, 0.29) is 0 Å². The Morgan fingerprint density at radius 1 is 1.06 bits per heavy atom. The standard InChI is InChI=1S/C11H17NO4/c12-8(14)10(3-1-7(13)2-4-10)11(5-6-11)9(15)16/h7,13H,1-6H2,(H2,12,14)(H,15,16). The molecule has 2 saturated carbocycles. The van der Waals surface area contributed by atoms with Gasteiger partial charge in [0.2, 0.25) is 5.91 Å². The van der Waals surface area contributed by atoms with Gasteiger partial charge in [-0.05, 0) is 38.5 Å². The number of aliphatic hydroxyl groups is 1. The number of hydrogen-bond donors (Lipinski definition) is 3. The van der Waals surface area contributed by atoms with Crippen molar-refractivity contribution < 1.29 is 19.8 Å². The summed E-state index contributed by atoms with van der Waals surface area (Å²) in [5.74, 6) is -1.43. The topological polar surface area (TPSA) is 101 Å². The van der Waals surface area contributed by atoms with Crippen LogP contribution in [0.4, 0.5) is 0 Å². The second-order valence-corrected chi connectivity index (χ2v) is 5.06. The van der Waals surface area contributed by atoms with Gasteiger partial charge in [0.05, 0.1) is 16.9 Å². The Morgan fingerprint density at radius 2 is 1.56 bits per heavy atom. The predicted octanol–water partition coefficient (Wildman–Crippen LogP) is 0.258. The van der Waals surface area contributed by atoms with Crippen LogP contribution in [0.1, 0.15) is 38.5 Å². The molecule has 4 N–H and O–H groups in total. The van der Waals surface area contributed by atoms with Gasteiger partial charge in [0.25, 0.3) is 0 Å². The normalized spacial score (nSPS) is 36.7. The number of aliphatic hydroxyl groups excluding tert-OH is 1. The number of aliphatic carboxylic acids is 1. The number of carboxylic acid groups (broad SMARTS) is 1. The van der Waals surface area contributed by atoms with Crippen LogP contribution >= 0.6 is 0 Å². The lowest BCUT2D eigenvalue weighted by atomic mass is 9.62. The van der Waals surface area contributed by atoms with Crippen molar-refractivity contribution in [2.24, 2.45) is 16.6 Å². The predicted molar refractivity (Wildman–Crippen MR) is 55.4 cm³/mol. The molecule has 0 radical (unpaired) electrons. The van der Waals surface area contributed by atoms with Crippen molar-refractivity contribution in [3.63, 3.8) is 0 Å². The van der Waals surface area contributed by atoms with Crippen LogP contribution in [0.5, 0.6) is 0 Å². The molecule has 2 aliphatic carbocycles. The average molecular weight is 227 g/mol. The van der Waals surface area contributed by atoms with Crippen LogP contribution in [-0.4, -0.2) is 28.2 Å². The van der Waals surface area contributed by atoms with E-state index in [9.17, 15) is 19.8 Å². The highest BCUT2D eigenvalue weighted by Crippen LogP contribution is 2.64. The summed E-state index contributed by atoms with van der Waals surface area (Å²) in [4.78, 5) is 23.0. The smallest absolute Gasteiger partial charge is 0.310 e. The fraction of sp³-hybridized carbons (Fsp3) is 0.818. The molecule has 0 bridgehead atoms. The number of nitrogens with two attached hydrogens (primary N) is 1. The number of primary amides is 1. The molecule has 5 heteroatoms. The molecule has 2 aliphatic rings. The number of carboxylic acids is 1. The second kappa shape index (κ2) is 3.45. The van der Waals surface area contributed by atoms with Crippen molar-refractivity contribution in [2.45, 2.75) is 44.6 Å². The number of amides is 1. The van der Waals surface area contributed by atoms with Crippen molar-refractivity contribution >= 4 is 11.9 Å². The molecule has 1 amide bonds. The molecular formula is C11H17NO4. The molecule has 0 aromatic carbocycles. The number of hydrogen-bond acceptors (Lipinski definition) is 3. The van der Waals surface area contributed by atoms with Crippen molar-refractivity contribution in [3.05, 3.63) is 0 Å². The molecule has 0 saturated heterocycles. The summed E-state index contributed by atoms with van der Waals surface area (Å²) in [7, 11) is 0. The summed E-state index contributed by atoms with van der Waals surface area (Å²) < 4.78 is 0. The van der Waals surface area contributed by atoms with E-state index in [1.54, 1.807) is 0 Å². The first-order valence-corrected chi connectivity index (χ1v) is 5.66. The third-order valence-corrected chi connectivity index (χ3v) is 4.36. The van der Waals surface area contributed by atoms with Gasteiger partial charge in [0.1, 0.15) is 0 Å². The van der Waals surface area contributed by atoms with E-state index in [0.717, 1.165) is 0 Å². The molecule has 0 aliphatic heterocycles. The number of rotatable bonds is 3. The van der Waals surface area contributed by atoms with Crippen LogP contribution in [0, 0.1) is 10.8 Å². The van der Waals surface area contributed by atoms with Crippen LogP contribution in [0.2, 0.25) is 0 Å².